The molecule has 0 fully saturated rings. The maximum Gasteiger partial charge on any atom is 0.259 e. The van der Waals surface area contributed by atoms with Crippen LogP contribution in [-0.2, 0) is 12.8 Å². The highest BCUT2D eigenvalue weighted by atomic mass is 32.1. The first-order valence-corrected chi connectivity index (χ1v) is 10.8. The van der Waals surface area contributed by atoms with Gasteiger partial charge in [0.05, 0.1) is 18.0 Å². The fraction of sp³-hybridized carbons (Fsp3) is 0.333. The van der Waals surface area contributed by atoms with Crippen molar-refractivity contribution in [3.8, 4) is 0 Å². The molecule has 0 saturated heterocycles. The molecule has 0 saturated carbocycles. The molecule has 29 heavy (non-hydrogen) atoms. The Morgan fingerprint density at radius 2 is 2.00 bits per heavy atom. The van der Waals surface area contributed by atoms with Crippen molar-refractivity contribution in [2.45, 2.75) is 40.0 Å². The Morgan fingerprint density at radius 3 is 2.69 bits per heavy atom. The van der Waals surface area contributed by atoms with Gasteiger partial charge in [0.15, 0.2) is 0 Å². The maximum atomic E-state index is 13.2. The summed E-state index contributed by atoms with van der Waals surface area (Å²) in [5.74, 6) is 1.20. The number of thiophene rings is 1. The molecule has 0 aliphatic heterocycles. The minimum atomic E-state index is -0.0884. The van der Waals surface area contributed by atoms with Gasteiger partial charge in [-0.05, 0) is 60.4 Å². The highest BCUT2D eigenvalue weighted by Crippen LogP contribution is 2.45. The summed E-state index contributed by atoms with van der Waals surface area (Å²) < 4.78 is 5.37. The van der Waals surface area contributed by atoms with E-state index in [1.807, 2.05) is 42.5 Å². The fourth-order valence-corrected chi connectivity index (χ4v) is 5.11. The number of fused-ring (bicyclic) bond motifs is 1. The third kappa shape index (κ3) is 4.35. The molecule has 4 nitrogen and oxygen atoms in total. The van der Waals surface area contributed by atoms with Crippen LogP contribution in [0.4, 0.5) is 10.7 Å². The zero-order valence-electron chi connectivity index (χ0n) is 17.1. The number of benzene rings is 1. The SMILES string of the molecule is CC(C)(C)[C@H]1CCc2c(sc(N=Cc3ccco3)c2C(=O)Nc2ccccc2)C1. The van der Waals surface area contributed by atoms with Crippen molar-refractivity contribution in [1.29, 1.82) is 0 Å². The van der Waals surface area contributed by atoms with Gasteiger partial charge in [0.2, 0.25) is 0 Å². The van der Waals surface area contributed by atoms with Crippen molar-refractivity contribution < 1.29 is 9.21 Å². The lowest BCUT2D eigenvalue weighted by atomic mass is 9.72. The average molecular weight is 407 g/mol. The third-order valence-electron chi connectivity index (χ3n) is 5.58. The van der Waals surface area contributed by atoms with E-state index in [2.05, 4.69) is 31.1 Å². The number of furan rings is 1. The number of amides is 1. The molecule has 1 aromatic carbocycles. The molecule has 4 rings (SSSR count). The van der Waals surface area contributed by atoms with Crippen LogP contribution in [0.2, 0.25) is 0 Å². The topological polar surface area (TPSA) is 54.6 Å². The molecule has 2 aromatic heterocycles. The number of nitrogens with one attached hydrogen (secondary N) is 1. The molecular weight excluding hydrogens is 380 g/mol. The molecule has 1 N–H and O–H groups in total. The highest BCUT2D eigenvalue weighted by molar-refractivity contribution is 7.16. The summed E-state index contributed by atoms with van der Waals surface area (Å²) in [6, 6.07) is 13.3. The van der Waals surface area contributed by atoms with Crippen LogP contribution >= 0.6 is 11.3 Å². The van der Waals surface area contributed by atoms with Crippen molar-refractivity contribution in [2.75, 3.05) is 5.32 Å². The standard InChI is InChI=1S/C24H26N2O2S/c1-24(2,3)16-11-12-19-20(14-16)29-23(25-15-18-10-7-13-28-18)21(19)22(27)26-17-8-5-4-6-9-17/h4-10,13,15-16H,11-12,14H2,1-3H3,(H,26,27)/t16-/m0/s1. The van der Waals surface area contributed by atoms with Gasteiger partial charge in [-0.15, -0.1) is 11.3 Å². The molecule has 0 spiro atoms. The molecule has 1 amide bonds. The van der Waals surface area contributed by atoms with Crippen molar-refractivity contribution >= 4 is 34.1 Å². The molecule has 1 atom stereocenters. The van der Waals surface area contributed by atoms with Crippen LogP contribution in [-0.4, -0.2) is 12.1 Å². The van der Waals surface area contributed by atoms with Gasteiger partial charge in [0, 0.05) is 10.6 Å². The number of aliphatic imine (C=N–C) groups is 1. The first-order valence-electron chi connectivity index (χ1n) is 10.0. The van der Waals surface area contributed by atoms with Gasteiger partial charge in [-0.1, -0.05) is 39.0 Å². The van der Waals surface area contributed by atoms with Crippen molar-refractivity contribution in [2.24, 2.45) is 16.3 Å². The number of carbonyl (C=O) groups excluding carboxylic acids is 1. The monoisotopic (exact) mass is 406 g/mol. The first kappa shape index (κ1) is 19.6. The summed E-state index contributed by atoms with van der Waals surface area (Å²) in [4.78, 5) is 19.1. The van der Waals surface area contributed by atoms with Crippen LogP contribution in [0.15, 0.2) is 58.1 Å². The van der Waals surface area contributed by atoms with E-state index in [4.69, 9.17) is 4.42 Å². The van der Waals surface area contributed by atoms with E-state index in [1.165, 1.54) is 4.88 Å². The lowest BCUT2D eigenvalue weighted by Crippen LogP contribution is -2.27. The van der Waals surface area contributed by atoms with Crippen LogP contribution in [0.25, 0.3) is 0 Å². The van der Waals surface area contributed by atoms with Crippen LogP contribution in [0.3, 0.4) is 0 Å². The molecule has 1 aliphatic carbocycles. The molecule has 0 bridgehead atoms. The molecule has 1 aliphatic rings. The summed E-state index contributed by atoms with van der Waals surface area (Å²) in [5.41, 5.74) is 2.92. The number of anilines is 1. The molecule has 0 unspecified atom stereocenters. The number of carbonyl (C=O) groups is 1. The molecule has 2 heterocycles. The predicted octanol–water partition coefficient (Wildman–Crippen LogP) is 6.50. The zero-order valence-corrected chi connectivity index (χ0v) is 17.9. The first-order chi connectivity index (χ1) is 13.9. The number of para-hydroxylation sites is 1. The summed E-state index contributed by atoms with van der Waals surface area (Å²) in [6.45, 7) is 6.90. The van der Waals surface area contributed by atoms with Crippen LogP contribution in [0.5, 0.6) is 0 Å². The van der Waals surface area contributed by atoms with E-state index < -0.39 is 0 Å². The molecule has 3 aromatic rings. The molecule has 0 radical (unpaired) electrons. The van der Waals surface area contributed by atoms with Gasteiger partial charge in [-0.2, -0.15) is 0 Å². The van der Waals surface area contributed by atoms with E-state index in [1.54, 1.807) is 23.8 Å². The van der Waals surface area contributed by atoms with Crippen molar-refractivity contribution in [1.82, 2.24) is 0 Å². The summed E-state index contributed by atoms with van der Waals surface area (Å²) >= 11 is 1.64. The average Bonchev–Trinajstić information content (AvgIpc) is 3.33. The Kier molecular flexibility index (Phi) is 5.41. The summed E-state index contributed by atoms with van der Waals surface area (Å²) in [6.07, 6.45) is 6.34. The minimum absolute atomic E-state index is 0.0884. The van der Waals surface area contributed by atoms with Gasteiger partial charge in [-0.25, -0.2) is 4.99 Å². The minimum Gasteiger partial charge on any atom is -0.463 e. The number of hydrogen-bond acceptors (Lipinski definition) is 4. The number of hydrogen-bond donors (Lipinski definition) is 1. The molecule has 5 heteroatoms. The number of rotatable bonds is 4. The van der Waals surface area contributed by atoms with Gasteiger partial charge in [0.25, 0.3) is 5.91 Å². The Balaban J connectivity index is 1.69. The Labute approximate surface area is 175 Å². The van der Waals surface area contributed by atoms with Crippen molar-refractivity contribution in [3.63, 3.8) is 0 Å². The fourth-order valence-electron chi connectivity index (χ4n) is 3.84. The quantitative estimate of drug-likeness (QED) is 0.503. The van der Waals surface area contributed by atoms with E-state index in [0.29, 0.717) is 17.2 Å². The summed E-state index contributed by atoms with van der Waals surface area (Å²) in [7, 11) is 0. The zero-order chi connectivity index (χ0) is 20.4. The maximum absolute atomic E-state index is 13.2. The van der Waals surface area contributed by atoms with Gasteiger partial charge < -0.3 is 9.73 Å². The third-order valence-corrected chi connectivity index (χ3v) is 6.74. The molecular formula is C24H26N2O2S. The van der Waals surface area contributed by atoms with E-state index in [-0.39, 0.29) is 11.3 Å². The summed E-state index contributed by atoms with van der Waals surface area (Å²) in [5, 5.41) is 3.80. The second-order valence-electron chi connectivity index (χ2n) is 8.58. The normalized spacial score (nSPS) is 16.7. The van der Waals surface area contributed by atoms with E-state index in [0.717, 1.165) is 35.5 Å². The Hall–Kier alpha value is -2.66. The smallest absolute Gasteiger partial charge is 0.259 e. The van der Waals surface area contributed by atoms with Crippen LogP contribution in [0, 0.1) is 11.3 Å². The number of nitrogens with zero attached hydrogens (tertiary/aromatic N) is 1. The van der Waals surface area contributed by atoms with Crippen LogP contribution < -0.4 is 5.32 Å². The second-order valence-corrected chi connectivity index (χ2v) is 9.67. The molecule has 150 valence electrons. The largest absolute Gasteiger partial charge is 0.463 e. The van der Waals surface area contributed by atoms with E-state index >= 15 is 0 Å². The lowest BCUT2D eigenvalue weighted by Gasteiger charge is -2.33. The van der Waals surface area contributed by atoms with Gasteiger partial charge >= 0.3 is 0 Å². The van der Waals surface area contributed by atoms with Gasteiger partial charge in [0.1, 0.15) is 10.8 Å². The Bertz CT molecular complexity index is 1010. The lowest BCUT2D eigenvalue weighted by molar-refractivity contribution is 0.102. The van der Waals surface area contributed by atoms with Crippen LogP contribution in [0.1, 0.15) is 53.8 Å². The second kappa shape index (κ2) is 7.99. The van der Waals surface area contributed by atoms with Crippen molar-refractivity contribution in [3.05, 3.63) is 70.5 Å². The van der Waals surface area contributed by atoms with Gasteiger partial charge in [-0.3, -0.25) is 4.79 Å². The highest BCUT2D eigenvalue weighted by Gasteiger charge is 2.33. The Morgan fingerprint density at radius 1 is 1.21 bits per heavy atom. The van der Waals surface area contributed by atoms with E-state index in [9.17, 15) is 4.79 Å². The predicted molar refractivity (Wildman–Crippen MR) is 120 cm³/mol.